The number of hydrogen-bond acceptors (Lipinski definition) is 5. The molecule has 1 atom stereocenters. The highest BCUT2D eigenvalue weighted by atomic mass is 79.9. The summed E-state index contributed by atoms with van der Waals surface area (Å²) in [4.78, 5) is 24.1. The molecule has 1 unspecified atom stereocenters. The molecule has 2 heterocycles. The topological polar surface area (TPSA) is 55.3 Å². The van der Waals surface area contributed by atoms with Gasteiger partial charge in [0.1, 0.15) is 6.10 Å². The van der Waals surface area contributed by atoms with Crippen LogP contribution in [0.15, 0.2) is 46.0 Å². The second-order valence-electron chi connectivity index (χ2n) is 6.89. The fraction of sp³-hybridized carbons (Fsp3) is 0.450. The molecule has 1 aliphatic rings. The normalized spacial score (nSPS) is 17.2. The lowest BCUT2D eigenvalue weighted by Gasteiger charge is -2.32. The Labute approximate surface area is 173 Å². The Morgan fingerprint density at radius 1 is 1.30 bits per heavy atom. The van der Waals surface area contributed by atoms with Crippen LogP contribution in [0.5, 0.6) is 6.01 Å². The maximum absolute atomic E-state index is 12.7. The van der Waals surface area contributed by atoms with Crippen LogP contribution in [0.25, 0.3) is 0 Å². The highest BCUT2D eigenvalue weighted by molar-refractivity contribution is 9.10. The molecule has 1 aliphatic heterocycles. The number of nitrogens with zero attached hydrogens (tertiary/aromatic N) is 3. The average molecular weight is 450 g/mol. The molecule has 0 saturated carbocycles. The number of carbonyl (C=O) groups is 1. The molecule has 1 fully saturated rings. The zero-order chi connectivity index (χ0) is 19.2. The van der Waals surface area contributed by atoms with Gasteiger partial charge in [-0.25, -0.2) is 9.97 Å². The Kier molecular flexibility index (Phi) is 7.13. The number of thioether (sulfide) groups is 1. The van der Waals surface area contributed by atoms with Crippen molar-refractivity contribution in [3.8, 4) is 6.01 Å². The van der Waals surface area contributed by atoms with Crippen molar-refractivity contribution in [1.82, 2.24) is 14.9 Å². The van der Waals surface area contributed by atoms with E-state index in [1.807, 2.05) is 16.7 Å². The Bertz CT molecular complexity index is 753. The first-order valence-corrected chi connectivity index (χ1v) is 10.8. The molecule has 2 aromatic rings. The van der Waals surface area contributed by atoms with Gasteiger partial charge in [-0.2, -0.15) is 0 Å². The van der Waals surface area contributed by atoms with Gasteiger partial charge in [-0.15, -0.1) is 11.8 Å². The van der Waals surface area contributed by atoms with E-state index in [4.69, 9.17) is 4.74 Å². The van der Waals surface area contributed by atoms with Gasteiger partial charge in [-0.05, 0) is 46.5 Å². The third-order valence-electron chi connectivity index (χ3n) is 4.25. The van der Waals surface area contributed by atoms with Crippen LogP contribution in [0.3, 0.4) is 0 Å². The Morgan fingerprint density at radius 2 is 2.00 bits per heavy atom. The quantitative estimate of drug-likeness (QED) is 0.613. The standard InChI is InChI=1S/C20H24BrN3O2S/c1-14(2)27-18-7-5-15(6-8-18)10-19(25)24-9-3-4-17(13-24)26-20-22-11-16(21)12-23-20/h5-8,11-12,14,17H,3-4,9-10,13H2,1-2H3. The summed E-state index contributed by atoms with van der Waals surface area (Å²) in [7, 11) is 0. The summed E-state index contributed by atoms with van der Waals surface area (Å²) in [5, 5.41) is 0.553. The van der Waals surface area contributed by atoms with Gasteiger partial charge < -0.3 is 9.64 Å². The van der Waals surface area contributed by atoms with E-state index in [0.29, 0.717) is 24.2 Å². The minimum Gasteiger partial charge on any atom is -0.458 e. The maximum Gasteiger partial charge on any atom is 0.316 e. The predicted octanol–water partition coefficient (Wildman–Crippen LogP) is 4.35. The summed E-state index contributed by atoms with van der Waals surface area (Å²) in [6, 6.07) is 8.66. The van der Waals surface area contributed by atoms with Gasteiger partial charge in [0.25, 0.3) is 0 Å². The van der Waals surface area contributed by atoms with Crippen LogP contribution in [-0.2, 0) is 11.2 Å². The Morgan fingerprint density at radius 3 is 2.67 bits per heavy atom. The zero-order valence-electron chi connectivity index (χ0n) is 15.6. The van der Waals surface area contributed by atoms with Gasteiger partial charge in [0, 0.05) is 29.1 Å². The van der Waals surface area contributed by atoms with Crippen molar-refractivity contribution in [3.05, 3.63) is 46.7 Å². The molecule has 7 heteroatoms. The van der Waals surface area contributed by atoms with Crippen LogP contribution in [0.1, 0.15) is 32.3 Å². The Balaban J connectivity index is 1.54. The first kappa shape index (κ1) is 20.1. The van der Waals surface area contributed by atoms with Crippen molar-refractivity contribution >= 4 is 33.6 Å². The van der Waals surface area contributed by atoms with Gasteiger partial charge >= 0.3 is 6.01 Å². The fourth-order valence-electron chi connectivity index (χ4n) is 3.02. The van der Waals surface area contributed by atoms with Crippen LogP contribution in [0.4, 0.5) is 0 Å². The highest BCUT2D eigenvalue weighted by Crippen LogP contribution is 2.23. The summed E-state index contributed by atoms with van der Waals surface area (Å²) in [5.74, 6) is 0.143. The van der Waals surface area contributed by atoms with E-state index in [2.05, 4.69) is 64.0 Å². The molecule has 0 N–H and O–H groups in total. The van der Waals surface area contributed by atoms with Crippen molar-refractivity contribution in [1.29, 1.82) is 0 Å². The van der Waals surface area contributed by atoms with Crippen molar-refractivity contribution in [2.75, 3.05) is 13.1 Å². The van der Waals surface area contributed by atoms with E-state index in [1.54, 1.807) is 12.4 Å². The first-order valence-electron chi connectivity index (χ1n) is 9.17. The molecular weight excluding hydrogens is 426 g/mol. The molecule has 5 nitrogen and oxygen atoms in total. The van der Waals surface area contributed by atoms with Crippen LogP contribution in [-0.4, -0.2) is 45.2 Å². The van der Waals surface area contributed by atoms with E-state index >= 15 is 0 Å². The van der Waals surface area contributed by atoms with Crippen molar-refractivity contribution in [3.63, 3.8) is 0 Å². The number of piperidine rings is 1. The summed E-state index contributed by atoms with van der Waals surface area (Å²) in [6.45, 7) is 5.72. The molecule has 144 valence electrons. The number of carbonyl (C=O) groups excluding carboxylic acids is 1. The number of aromatic nitrogens is 2. The minimum atomic E-state index is -0.0614. The summed E-state index contributed by atoms with van der Waals surface area (Å²) >= 11 is 5.14. The number of ether oxygens (including phenoxy) is 1. The monoisotopic (exact) mass is 449 g/mol. The number of amides is 1. The fourth-order valence-corrected chi connectivity index (χ4v) is 4.06. The van der Waals surface area contributed by atoms with Crippen LogP contribution >= 0.6 is 27.7 Å². The molecule has 0 bridgehead atoms. The third kappa shape index (κ3) is 6.21. The average Bonchev–Trinajstić information content (AvgIpc) is 2.65. The van der Waals surface area contributed by atoms with E-state index in [-0.39, 0.29) is 12.0 Å². The van der Waals surface area contributed by atoms with Gasteiger partial charge in [0.2, 0.25) is 5.91 Å². The van der Waals surface area contributed by atoms with Crippen LogP contribution < -0.4 is 4.74 Å². The van der Waals surface area contributed by atoms with E-state index in [9.17, 15) is 4.79 Å². The van der Waals surface area contributed by atoms with Gasteiger partial charge in [-0.3, -0.25) is 4.79 Å². The van der Waals surface area contributed by atoms with Gasteiger partial charge in [-0.1, -0.05) is 26.0 Å². The zero-order valence-corrected chi connectivity index (χ0v) is 18.0. The lowest BCUT2D eigenvalue weighted by molar-refractivity contribution is -0.133. The number of rotatable bonds is 6. The van der Waals surface area contributed by atoms with E-state index in [0.717, 1.165) is 29.4 Å². The van der Waals surface area contributed by atoms with Gasteiger partial charge in [0.05, 0.1) is 17.4 Å². The number of likely N-dealkylation sites (tertiary alicyclic amines) is 1. The lowest BCUT2D eigenvalue weighted by atomic mass is 10.1. The van der Waals surface area contributed by atoms with Crippen molar-refractivity contribution in [2.24, 2.45) is 0 Å². The predicted molar refractivity (Wildman–Crippen MR) is 111 cm³/mol. The second-order valence-corrected chi connectivity index (χ2v) is 9.46. The van der Waals surface area contributed by atoms with E-state index < -0.39 is 0 Å². The van der Waals surface area contributed by atoms with Crippen LogP contribution in [0.2, 0.25) is 0 Å². The van der Waals surface area contributed by atoms with Gasteiger partial charge in [0.15, 0.2) is 0 Å². The highest BCUT2D eigenvalue weighted by Gasteiger charge is 2.25. The molecule has 0 spiro atoms. The molecule has 1 amide bonds. The summed E-state index contributed by atoms with van der Waals surface area (Å²) in [6.07, 6.45) is 5.52. The van der Waals surface area contributed by atoms with E-state index in [1.165, 1.54) is 4.90 Å². The minimum absolute atomic E-state index is 0.0614. The smallest absolute Gasteiger partial charge is 0.316 e. The molecule has 1 aromatic heterocycles. The SMILES string of the molecule is CC(C)Sc1ccc(CC(=O)N2CCCC(Oc3ncc(Br)cn3)C2)cc1. The molecule has 3 rings (SSSR count). The molecule has 1 saturated heterocycles. The van der Waals surface area contributed by atoms with Crippen molar-refractivity contribution < 1.29 is 9.53 Å². The first-order chi connectivity index (χ1) is 13.0. The molecule has 27 heavy (non-hydrogen) atoms. The summed E-state index contributed by atoms with van der Waals surface area (Å²) in [5.41, 5.74) is 1.05. The molecule has 0 aliphatic carbocycles. The lowest BCUT2D eigenvalue weighted by Crippen LogP contribution is -2.45. The number of benzene rings is 1. The Hall–Kier alpha value is -1.60. The maximum atomic E-state index is 12.7. The van der Waals surface area contributed by atoms with Crippen LogP contribution in [0, 0.1) is 0 Å². The molecular formula is C20H24BrN3O2S. The number of hydrogen-bond donors (Lipinski definition) is 0. The second kappa shape index (κ2) is 9.55. The molecule has 0 radical (unpaired) electrons. The largest absolute Gasteiger partial charge is 0.458 e. The summed E-state index contributed by atoms with van der Waals surface area (Å²) < 4.78 is 6.67. The third-order valence-corrected chi connectivity index (χ3v) is 5.68. The molecule has 1 aromatic carbocycles. The van der Waals surface area contributed by atoms with Crippen molar-refractivity contribution in [2.45, 2.75) is 49.4 Å². The number of halogens is 1.